The molecule has 3 rings (SSSR count). The molecular weight excluding hydrogens is 324 g/mol. The summed E-state index contributed by atoms with van der Waals surface area (Å²) in [6, 6.07) is 15.3. The average Bonchev–Trinajstić information content (AvgIpc) is 2.60. The van der Waals surface area contributed by atoms with Gasteiger partial charge in [0.1, 0.15) is 0 Å². The van der Waals surface area contributed by atoms with E-state index in [1.54, 1.807) is 6.21 Å². The van der Waals surface area contributed by atoms with Crippen LogP contribution in [0, 0.1) is 0 Å². The third kappa shape index (κ3) is 3.87. The number of benzene rings is 2. The summed E-state index contributed by atoms with van der Waals surface area (Å²) in [6.45, 7) is 6.81. The number of anilines is 2. The summed E-state index contributed by atoms with van der Waals surface area (Å²) in [7, 11) is 2.15. The summed E-state index contributed by atoms with van der Waals surface area (Å²) in [5.41, 5.74) is 6.95. The normalized spacial score (nSPS) is 18.5. The van der Waals surface area contributed by atoms with E-state index in [2.05, 4.69) is 60.7 Å². The van der Waals surface area contributed by atoms with Crippen LogP contribution in [0.5, 0.6) is 0 Å². The number of para-hydroxylation sites is 1. The smallest absolute Gasteiger partial charge is 0.339 e. The van der Waals surface area contributed by atoms with Gasteiger partial charge in [0, 0.05) is 24.0 Å². The van der Waals surface area contributed by atoms with Gasteiger partial charge in [-0.3, -0.25) is 0 Å². The topological polar surface area (TPSA) is 56.7 Å². The zero-order valence-electron chi connectivity index (χ0n) is 15.8. The van der Waals surface area contributed by atoms with Crippen molar-refractivity contribution in [2.75, 3.05) is 17.3 Å². The number of hydrogen-bond acceptors (Lipinski definition) is 3. The molecule has 0 aliphatic carbocycles. The molecule has 26 heavy (non-hydrogen) atoms. The summed E-state index contributed by atoms with van der Waals surface area (Å²) in [6.07, 6.45) is 2.78. The zero-order chi connectivity index (χ0) is 18.7. The van der Waals surface area contributed by atoms with Crippen LogP contribution in [-0.4, -0.2) is 24.8 Å². The fourth-order valence-corrected chi connectivity index (χ4v) is 3.52. The molecule has 0 radical (unpaired) electrons. The lowest BCUT2D eigenvalue weighted by molar-refractivity contribution is 0.252. The molecule has 2 aromatic rings. The van der Waals surface area contributed by atoms with Crippen LogP contribution in [0.25, 0.3) is 0 Å². The molecule has 0 bridgehead atoms. The second-order valence-electron chi connectivity index (χ2n) is 7.49. The van der Waals surface area contributed by atoms with Gasteiger partial charge in [-0.15, -0.1) is 0 Å². The highest BCUT2D eigenvalue weighted by molar-refractivity contribution is 5.90. The highest BCUT2D eigenvalue weighted by atomic mass is 16.2. The Morgan fingerprint density at radius 2 is 1.96 bits per heavy atom. The van der Waals surface area contributed by atoms with E-state index >= 15 is 0 Å². The van der Waals surface area contributed by atoms with Gasteiger partial charge in [-0.2, -0.15) is 5.10 Å². The molecule has 2 amide bonds. The standard InChI is InChI=1S/C21H26N4O/c1-15-13-21(2,3)25(4)19-11-10-16(12-18(15)19)14-22-24-20(26)23-17-8-6-5-7-9-17/h5-12,14-15H,13H2,1-4H3,(H2,23,24,26)/b22-14+/t15-/m0/s1. The molecule has 0 aromatic heterocycles. The highest BCUT2D eigenvalue weighted by Gasteiger charge is 2.33. The largest absolute Gasteiger partial charge is 0.369 e. The Bertz CT molecular complexity index is 814. The van der Waals surface area contributed by atoms with Crippen LogP contribution in [0.4, 0.5) is 16.2 Å². The summed E-state index contributed by atoms with van der Waals surface area (Å²) in [4.78, 5) is 14.2. The van der Waals surface area contributed by atoms with Gasteiger partial charge >= 0.3 is 6.03 Å². The summed E-state index contributed by atoms with van der Waals surface area (Å²) in [5.74, 6) is 0.485. The minimum Gasteiger partial charge on any atom is -0.369 e. The molecule has 0 spiro atoms. The number of fused-ring (bicyclic) bond motifs is 1. The number of nitrogens with one attached hydrogen (secondary N) is 2. The Kier molecular flexibility index (Phi) is 4.98. The number of nitrogens with zero attached hydrogens (tertiary/aromatic N) is 2. The predicted molar refractivity (Wildman–Crippen MR) is 108 cm³/mol. The fraction of sp³-hybridized carbons (Fsp3) is 0.333. The van der Waals surface area contributed by atoms with Crippen molar-refractivity contribution in [3.05, 3.63) is 59.7 Å². The molecule has 5 heteroatoms. The number of hydrazone groups is 1. The van der Waals surface area contributed by atoms with Gasteiger partial charge in [0.25, 0.3) is 0 Å². The Morgan fingerprint density at radius 1 is 1.23 bits per heavy atom. The van der Waals surface area contributed by atoms with Gasteiger partial charge in [-0.1, -0.05) is 31.2 Å². The molecule has 1 aliphatic rings. The second kappa shape index (κ2) is 7.20. The SMILES string of the molecule is C[C@H]1CC(C)(C)N(C)c2ccc(/C=N/NC(=O)Nc3ccccc3)cc21. The maximum atomic E-state index is 11.9. The van der Waals surface area contributed by atoms with Crippen molar-refractivity contribution in [2.45, 2.75) is 38.6 Å². The van der Waals surface area contributed by atoms with E-state index in [1.807, 2.05) is 36.4 Å². The van der Waals surface area contributed by atoms with Crippen LogP contribution in [-0.2, 0) is 0 Å². The van der Waals surface area contributed by atoms with Crippen molar-refractivity contribution in [2.24, 2.45) is 5.10 Å². The molecule has 1 aliphatic heterocycles. The molecule has 1 heterocycles. The van der Waals surface area contributed by atoms with E-state index in [4.69, 9.17) is 0 Å². The van der Waals surface area contributed by atoms with Crippen molar-refractivity contribution in [3.8, 4) is 0 Å². The molecule has 0 unspecified atom stereocenters. The Morgan fingerprint density at radius 3 is 2.69 bits per heavy atom. The summed E-state index contributed by atoms with van der Waals surface area (Å²) in [5, 5.41) is 6.79. The molecule has 0 saturated carbocycles. The monoisotopic (exact) mass is 350 g/mol. The number of carbonyl (C=O) groups is 1. The van der Waals surface area contributed by atoms with Gasteiger partial charge in [0.15, 0.2) is 0 Å². The van der Waals surface area contributed by atoms with E-state index in [0.29, 0.717) is 5.92 Å². The van der Waals surface area contributed by atoms with Gasteiger partial charge in [0.2, 0.25) is 0 Å². The molecule has 2 N–H and O–H groups in total. The number of rotatable bonds is 3. The average molecular weight is 350 g/mol. The molecule has 136 valence electrons. The van der Waals surface area contributed by atoms with E-state index < -0.39 is 0 Å². The van der Waals surface area contributed by atoms with E-state index in [0.717, 1.165) is 17.7 Å². The maximum Gasteiger partial charge on any atom is 0.339 e. The van der Waals surface area contributed by atoms with Gasteiger partial charge in [-0.05, 0) is 61.6 Å². The molecule has 1 atom stereocenters. The lowest BCUT2D eigenvalue weighted by Crippen LogP contribution is -2.45. The minimum atomic E-state index is -0.361. The second-order valence-corrected chi connectivity index (χ2v) is 7.49. The molecule has 2 aromatic carbocycles. The maximum absolute atomic E-state index is 11.9. The van der Waals surface area contributed by atoms with Crippen molar-refractivity contribution < 1.29 is 4.79 Å². The summed E-state index contributed by atoms with van der Waals surface area (Å²) < 4.78 is 0. The van der Waals surface area contributed by atoms with Crippen LogP contribution in [0.2, 0.25) is 0 Å². The first-order valence-electron chi connectivity index (χ1n) is 8.90. The first kappa shape index (κ1) is 18.0. The van der Waals surface area contributed by atoms with Crippen molar-refractivity contribution in [1.29, 1.82) is 0 Å². The van der Waals surface area contributed by atoms with E-state index in [-0.39, 0.29) is 11.6 Å². The number of urea groups is 1. The van der Waals surface area contributed by atoms with Gasteiger partial charge in [0.05, 0.1) is 6.21 Å². The minimum absolute atomic E-state index is 0.152. The molecule has 0 fully saturated rings. The van der Waals surface area contributed by atoms with Crippen molar-refractivity contribution in [1.82, 2.24) is 5.43 Å². The third-order valence-electron chi connectivity index (χ3n) is 5.07. The quantitative estimate of drug-likeness (QED) is 0.629. The van der Waals surface area contributed by atoms with Crippen molar-refractivity contribution in [3.63, 3.8) is 0 Å². The van der Waals surface area contributed by atoms with Crippen LogP contribution in [0.15, 0.2) is 53.6 Å². The number of amides is 2. The van der Waals surface area contributed by atoms with Crippen LogP contribution in [0.1, 0.15) is 44.2 Å². The summed E-state index contributed by atoms with van der Waals surface area (Å²) >= 11 is 0. The number of carbonyl (C=O) groups excluding carboxylic acids is 1. The Hall–Kier alpha value is -2.82. The first-order chi connectivity index (χ1) is 12.4. The van der Waals surface area contributed by atoms with Crippen LogP contribution < -0.4 is 15.6 Å². The fourth-order valence-electron chi connectivity index (χ4n) is 3.52. The lowest BCUT2D eigenvalue weighted by Gasteiger charge is -2.45. The molecule has 5 nitrogen and oxygen atoms in total. The Balaban J connectivity index is 1.67. The molecule has 0 saturated heterocycles. The molecular formula is C21H26N4O. The van der Waals surface area contributed by atoms with Crippen LogP contribution in [0.3, 0.4) is 0 Å². The predicted octanol–water partition coefficient (Wildman–Crippen LogP) is 4.56. The van der Waals surface area contributed by atoms with Gasteiger partial charge in [-0.25, -0.2) is 10.2 Å². The number of hydrogen-bond donors (Lipinski definition) is 2. The Labute approximate surface area is 155 Å². The van der Waals surface area contributed by atoms with Crippen molar-refractivity contribution >= 4 is 23.6 Å². The zero-order valence-corrected chi connectivity index (χ0v) is 15.8. The van der Waals surface area contributed by atoms with Crippen LogP contribution >= 0.6 is 0 Å². The lowest BCUT2D eigenvalue weighted by atomic mass is 9.80. The van der Waals surface area contributed by atoms with E-state index in [1.165, 1.54) is 11.3 Å². The first-order valence-corrected chi connectivity index (χ1v) is 8.90. The highest BCUT2D eigenvalue weighted by Crippen LogP contribution is 2.42. The van der Waals surface area contributed by atoms with Gasteiger partial charge < -0.3 is 10.2 Å². The van der Waals surface area contributed by atoms with E-state index in [9.17, 15) is 4.79 Å². The third-order valence-corrected chi connectivity index (χ3v) is 5.07.